The molecule has 18 nitrogen and oxygen atoms in total. The molecule has 0 unspecified atom stereocenters. The van der Waals surface area contributed by atoms with Crippen molar-refractivity contribution in [1.82, 2.24) is 15.0 Å². The SMILES string of the molecule is C#CCO.CC#N.Cc1nc(C#CCI)oc1-c1ccc(S(N)(=O)=O)cc1.Cc1nc(C#CCO)oc1-c1ccc(S(N)(=O)=O)cc1.Cc1nc(I)oc1-c1ccc(S(N)(=O)=O)cc1. The van der Waals surface area contributed by atoms with Gasteiger partial charge in [0.15, 0.2) is 17.3 Å². The zero-order chi connectivity index (χ0) is 48.3. The van der Waals surface area contributed by atoms with Gasteiger partial charge >= 0.3 is 0 Å². The zero-order valence-electron chi connectivity index (χ0n) is 34.2. The fourth-order valence-corrected chi connectivity index (χ4v) is 7.00. The Kier molecular flexibility index (Phi) is 22.0. The number of rotatable bonds is 6. The summed E-state index contributed by atoms with van der Waals surface area (Å²) in [5, 5.41) is 38.7. The van der Waals surface area contributed by atoms with Crippen molar-refractivity contribution in [3.63, 3.8) is 0 Å². The van der Waals surface area contributed by atoms with Crippen LogP contribution >= 0.6 is 45.2 Å². The standard InChI is InChI=1S/C13H11IN2O3S.C13H12N2O4S.C10H9IN2O3S.C3H4O.C2H3N/c1-9-13(19-12(16-9)3-2-8-14)10-4-6-11(7-5-10)20(15,17)18;1-9-13(19-12(15-9)3-2-8-16)10-4-6-11(7-5-10)20(14,17)18;1-6-9(16-10(11)13-6)7-2-4-8(5-3-7)17(12,14)15;1-2-3-4;1-2-3/h4-7H,8H2,1H3,(H2,15,17,18);4-7,16H,8H2,1H3,(H2,14,17,18);2-5H,1H3,(H2,12,14,15);1,4H,3H2;1H3. The number of aryl methyl sites for hydroxylation is 3. The fourth-order valence-electron chi connectivity index (χ4n) is 4.68. The third-order valence-electron chi connectivity index (χ3n) is 7.33. The quantitative estimate of drug-likeness (QED) is 0.0852. The van der Waals surface area contributed by atoms with Crippen LogP contribution in [0.4, 0.5) is 0 Å². The summed E-state index contributed by atoms with van der Waals surface area (Å²) < 4.78 is 84.6. The number of nitriles is 1. The normalized spacial score (nSPS) is 10.4. The maximum Gasteiger partial charge on any atom is 0.274 e. The van der Waals surface area contributed by atoms with Gasteiger partial charge in [-0.05, 0) is 105 Å². The summed E-state index contributed by atoms with van der Waals surface area (Å²) in [6.45, 7) is 6.38. The number of nitrogens with two attached hydrogens (primary N) is 3. The molecule has 8 N–H and O–H groups in total. The van der Waals surface area contributed by atoms with Gasteiger partial charge in [-0.1, -0.05) is 40.4 Å². The van der Waals surface area contributed by atoms with Crippen LogP contribution in [-0.2, 0) is 30.1 Å². The molecule has 0 fully saturated rings. The van der Waals surface area contributed by atoms with E-state index in [0.717, 1.165) is 16.8 Å². The number of oxazole rings is 3. The van der Waals surface area contributed by atoms with Crippen LogP contribution in [0.15, 0.2) is 101 Å². The number of halogens is 2. The van der Waals surface area contributed by atoms with Crippen molar-refractivity contribution in [3.8, 4) is 76.1 Å². The summed E-state index contributed by atoms with van der Waals surface area (Å²) in [6.07, 6.45) is 4.53. The summed E-state index contributed by atoms with van der Waals surface area (Å²) in [7, 11) is -11.1. The number of benzene rings is 3. The summed E-state index contributed by atoms with van der Waals surface area (Å²) in [4.78, 5) is 12.6. The van der Waals surface area contributed by atoms with Crippen LogP contribution in [0.5, 0.6) is 0 Å². The summed E-state index contributed by atoms with van der Waals surface area (Å²) in [5.41, 5.74) is 4.24. The van der Waals surface area contributed by atoms with Crippen LogP contribution < -0.4 is 15.4 Å². The van der Waals surface area contributed by atoms with Crippen LogP contribution in [-0.4, -0.2) is 68.1 Å². The van der Waals surface area contributed by atoms with Crippen molar-refractivity contribution in [2.45, 2.75) is 42.4 Å². The molecular formula is C41H39I2N7O11S3. The first-order valence-electron chi connectivity index (χ1n) is 17.5. The predicted molar refractivity (Wildman–Crippen MR) is 254 cm³/mol. The number of hydrogen-bond acceptors (Lipinski definition) is 15. The van der Waals surface area contributed by atoms with E-state index in [4.69, 9.17) is 44.1 Å². The number of hydrogen-bond donors (Lipinski definition) is 5. The number of alkyl halides is 1. The monoisotopic (exact) mass is 1150 g/mol. The molecule has 0 saturated heterocycles. The number of sulfonamides is 3. The predicted octanol–water partition coefficient (Wildman–Crippen LogP) is 4.77. The minimum Gasteiger partial charge on any atom is -0.432 e. The first kappa shape index (κ1) is 54.7. The molecule has 0 atom stereocenters. The van der Waals surface area contributed by atoms with Crippen molar-refractivity contribution in [2.24, 2.45) is 15.4 Å². The largest absolute Gasteiger partial charge is 0.432 e. The molecule has 0 amide bonds. The van der Waals surface area contributed by atoms with E-state index in [-0.39, 0.29) is 33.8 Å². The highest BCUT2D eigenvalue weighted by Crippen LogP contribution is 2.28. The third kappa shape index (κ3) is 17.6. The first-order valence-corrected chi connectivity index (χ1v) is 24.8. The molecule has 0 aliphatic heterocycles. The lowest BCUT2D eigenvalue weighted by Crippen LogP contribution is -2.11. The number of aliphatic hydroxyl groups excluding tert-OH is 2. The number of terminal acetylenes is 1. The topological polar surface area (TPSA) is 323 Å². The van der Waals surface area contributed by atoms with Gasteiger partial charge in [-0.3, -0.25) is 0 Å². The van der Waals surface area contributed by atoms with Gasteiger partial charge in [0, 0.05) is 46.2 Å². The maximum atomic E-state index is 11.2. The average Bonchev–Trinajstić information content (AvgIpc) is 3.93. The molecule has 23 heteroatoms. The summed E-state index contributed by atoms with van der Waals surface area (Å²) in [6, 6.07) is 20.0. The maximum absolute atomic E-state index is 11.2. The van der Waals surface area contributed by atoms with Crippen molar-refractivity contribution >= 4 is 75.3 Å². The molecule has 0 radical (unpaired) electrons. The van der Waals surface area contributed by atoms with Crippen molar-refractivity contribution in [1.29, 1.82) is 5.26 Å². The molecule has 3 aromatic heterocycles. The van der Waals surface area contributed by atoms with Gasteiger partial charge in [-0.25, -0.2) is 55.6 Å². The molecular weight excluding hydrogens is 1120 g/mol. The molecule has 6 rings (SSSR count). The molecule has 64 heavy (non-hydrogen) atoms. The minimum absolute atomic E-state index is 0.0266. The number of nitrogens with zero attached hydrogens (tertiary/aromatic N) is 4. The summed E-state index contributed by atoms with van der Waals surface area (Å²) >= 11 is 4.12. The molecule has 0 aliphatic rings. The Labute approximate surface area is 398 Å². The van der Waals surface area contributed by atoms with Gasteiger partial charge in [-0.2, -0.15) is 5.26 Å². The van der Waals surface area contributed by atoms with E-state index < -0.39 is 30.1 Å². The van der Waals surface area contributed by atoms with Gasteiger partial charge in [0.25, 0.3) is 15.7 Å². The van der Waals surface area contributed by atoms with Gasteiger partial charge in [0.2, 0.25) is 30.1 Å². The van der Waals surface area contributed by atoms with Crippen molar-refractivity contribution in [3.05, 3.63) is 106 Å². The Hall–Kier alpha value is -5.43. The Morgan fingerprint density at radius 2 is 0.906 bits per heavy atom. The van der Waals surface area contributed by atoms with Crippen LogP contribution in [0.2, 0.25) is 0 Å². The fraction of sp³-hybridized carbons (Fsp3) is 0.171. The van der Waals surface area contributed by atoms with E-state index in [1.54, 1.807) is 49.4 Å². The second-order valence-electron chi connectivity index (χ2n) is 11.9. The van der Waals surface area contributed by atoms with Crippen LogP contribution in [0.25, 0.3) is 34.0 Å². The minimum atomic E-state index is -3.72. The molecule has 0 aliphatic carbocycles. The Bertz CT molecular complexity index is 2920. The van der Waals surface area contributed by atoms with Gasteiger partial charge in [0.05, 0.1) is 42.3 Å². The van der Waals surface area contributed by atoms with Gasteiger partial charge in [0.1, 0.15) is 13.2 Å². The van der Waals surface area contributed by atoms with E-state index in [1.807, 2.05) is 42.4 Å². The van der Waals surface area contributed by atoms with Crippen LogP contribution in [0, 0.1) is 72.0 Å². The molecule has 6 aromatic rings. The molecule has 0 saturated carbocycles. The van der Waals surface area contributed by atoms with Crippen molar-refractivity contribution < 1.29 is 48.7 Å². The Morgan fingerprint density at radius 3 is 1.16 bits per heavy atom. The number of primary sulfonamides is 3. The van der Waals surface area contributed by atoms with Gasteiger partial charge in [-0.15, -0.1) is 6.42 Å². The first-order chi connectivity index (χ1) is 30.0. The third-order valence-corrected chi connectivity index (χ3v) is 11.0. The van der Waals surface area contributed by atoms with E-state index >= 15 is 0 Å². The molecule has 0 spiro atoms. The smallest absolute Gasteiger partial charge is 0.274 e. The highest BCUT2D eigenvalue weighted by atomic mass is 127. The summed E-state index contributed by atoms with van der Waals surface area (Å²) in [5.74, 6) is 14.9. The lowest BCUT2D eigenvalue weighted by Gasteiger charge is -2.00. The van der Waals surface area contributed by atoms with Crippen LogP contribution in [0.1, 0.15) is 35.8 Å². The van der Waals surface area contributed by atoms with Crippen LogP contribution in [0.3, 0.4) is 0 Å². The molecule has 0 bridgehead atoms. The average molecular weight is 1160 g/mol. The number of aliphatic hydroxyl groups is 2. The highest BCUT2D eigenvalue weighted by molar-refractivity contribution is 14.1. The van der Waals surface area contributed by atoms with E-state index in [2.05, 4.69) is 67.6 Å². The van der Waals surface area contributed by atoms with Gasteiger partial charge < -0.3 is 23.5 Å². The van der Waals surface area contributed by atoms with E-state index in [9.17, 15) is 25.3 Å². The van der Waals surface area contributed by atoms with E-state index in [1.165, 1.54) is 43.3 Å². The highest BCUT2D eigenvalue weighted by Gasteiger charge is 2.15. The second kappa shape index (κ2) is 25.8. The lowest BCUT2D eigenvalue weighted by atomic mass is 10.1. The second-order valence-corrected chi connectivity index (χ2v) is 18.3. The van der Waals surface area contributed by atoms with Crippen molar-refractivity contribution in [2.75, 3.05) is 17.6 Å². The Morgan fingerprint density at radius 1 is 0.609 bits per heavy atom. The molecule has 3 aromatic carbocycles. The number of aromatic nitrogens is 3. The lowest BCUT2D eigenvalue weighted by molar-refractivity contribution is 0.350. The Balaban J connectivity index is 0.000000308. The van der Waals surface area contributed by atoms with E-state index in [0.29, 0.717) is 48.4 Å². The molecule has 3 heterocycles. The molecule has 336 valence electrons. The zero-order valence-corrected chi connectivity index (χ0v) is 41.0.